The van der Waals surface area contributed by atoms with Gasteiger partial charge in [-0.2, -0.15) is 5.10 Å². The largest absolute Gasteiger partial charge is 0.494 e. The van der Waals surface area contributed by atoms with E-state index in [1.807, 2.05) is 6.92 Å². The molecule has 0 aliphatic carbocycles. The van der Waals surface area contributed by atoms with E-state index in [4.69, 9.17) is 9.47 Å². The van der Waals surface area contributed by atoms with Gasteiger partial charge in [0.2, 0.25) is 11.8 Å². The van der Waals surface area contributed by atoms with Crippen LogP contribution in [0.3, 0.4) is 0 Å². The molecule has 1 fully saturated rings. The number of methoxy groups -OCH3 is 1. The van der Waals surface area contributed by atoms with E-state index < -0.39 is 11.1 Å². The van der Waals surface area contributed by atoms with E-state index in [1.54, 1.807) is 37.3 Å². The second-order valence-electron chi connectivity index (χ2n) is 6.75. The fourth-order valence-electron chi connectivity index (χ4n) is 2.86. The third kappa shape index (κ3) is 6.07. The number of thioether (sulfide) groups is 1. The van der Waals surface area contributed by atoms with Crippen molar-refractivity contribution >= 4 is 40.1 Å². The van der Waals surface area contributed by atoms with Crippen molar-refractivity contribution in [1.29, 1.82) is 0 Å². The Morgan fingerprint density at radius 2 is 2.12 bits per heavy atom. The Labute approximate surface area is 189 Å². The van der Waals surface area contributed by atoms with Crippen molar-refractivity contribution in [2.45, 2.75) is 25.5 Å². The Bertz CT molecular complexity index is 1070. The van der Waals surface area contributed by atoms with Gasteiger partial charge in [0, 0.05) is 23.7 Å². The molecule has 0 radical (unpaired) electrons. The molecule has 1 aliphatic rings. The van der Waals surface area contributed by atoms with Crippen molar-refractivity contribution in [3.8, 4) is 11.5 Å². The third-order valence-electron chi connectivity index (χ3n) is 4.44. The predicted molar refractivity (Wildman–Crippen MR) is 123 cm³/mol. The Morgan fingerprint density at radius 1 is 1.31 bits per heavy atom. The second-order valence-corrected chi connectivity index (χ2v) is 7.94. The van der Waals surface area contributed by atoms with E-state index in [0.29, 0.717) is 29.3 Å². The number of halogens is 1. The summed E-state index contributed by atoms with van der Waals surface area (Å²) >= 11 is 1.10. The number of ether oxygens (including phenoxy) is 2. The maximum Gasteiger partial charge on any atom is 0.238 e. The predicted octanol–water partition coefficient (Wildman–Crippen LogP) is 3.57. The van der Waals surface area contributed by atoms with Crippen molar-refractivity contribution in [2.24, 2.45) is 10.2 Å². The number of carbonyl (C=O) groups excluding carboxylic acids is 2. The van der Waals surface area contributed by atoms with Gasteiger partial charge >= 0.3 is 0 Å². The van der Waals surface area contributed by atoms with Crippen molar-refractivity contribution < 1.29 is 23.5 Å². The van der Waals surface area contributed by atoms with Gasteiger partial charge in [-0.1, -0.05) is 17.8 Å². The van der Waals surface area contributed by atoms with Gasteiger partial charge in [0.1, 0.15) is 11.0 Å². The first-order chi connectivity index (χ1) is 15.4. The molecule has 2 N–H and O–H groups in total. The van der Waals surface area contributed by atoms with E-state index >= 15 is 0 Å². The van der Waals surface area contributed by atoms with E-state index in [0.717, 1.165) is 11.8 Å². The van der Waals surface area contributed by atoms with Gasteiger partial charge < -0.3 is 20.1 Å². The average molecular weight is 459 g/mol. The van der Waals surface area contributed by atoms with Crippen LogP contribution in [0.1, 0.15) is 25.8 Å². The number of anilines is 1. The molecular formula is C22H23FN4O4S. The zero-order valence-corrected chi connectivity index (χ0v) is 18.7. The molecule has 3 rings (SSSR count). The molecule has 2 amide bonds. The van der Waals surface area contributed by atoms with Crippen LogP contribution in [-0.4, -0.2) is 41.7 Å². The van der Waals surface area contributed by atoms with Crippen LogP contribution in [0.4, 0.5) is 10.1 Å². The summed E-state index contributed by atoms with van der Waals surface area (Å²) in [6, 6.07) is 11.5. The lowest BCUT2D eigenvalue weighted by Gasteiger charge is -2.21. The Morgan fingerprint density at radius 3 is 2.84 bits per heavy atom. The normalized spacial score (nSPS) is 17.6. The first-order valence-corrected chi connectivity index (χ1v) is 10.7. The molecule has 0 unspecified atom stereocenters. The van der Waals surface area contributed by atoms with Crippen molar-refractivity contribution in [2.75, 3.05) is 19.0 Å². The standard InChI is InChI=1S/C22H23FN4O4S/c1-4-31-16-7-5-6-15(11-16)24-21(29)19-12-20(28)25-22(32-19)27-26-13(2)14-8-9-18(30-3)17(23)10-14/h5-11,19H,4,12H2,1-3H3,(H,24,29)(H,25,27,28)/b26-13-/t19-/m1/s1. The third-order valence-corrected chi connectivity index (χ3v) is 5.51. The fraction of sp³-hybridized carbons (Fsp3) is 0.273. The molecule has 2 aromatic carbocycles. The van der Waals surface area contributed by atoms with Crippen molar-refractivity contribution in [3.63, 3.8) is 0 Å². The summed E-state index contributed by atoms with van der Waals surface area (Å²) in [5.41, 5.74) is 1.53. The first kappa shape index (κ1) is 23.3. The summed E-state index contributed by atoms with van der Waals surface area (Å²) in [5, 5.41) is 13.0. The number of carbonyl (C=O) groups is 2. The van der Waals surface area contributed by atoms with Gasteiger partial charge in [-0.05, 0) is 44.2 Å². The highest BCUT2D eigenvalue weighted by molar-refractivity contribution is 8.15. The van der Waals surface area contributed by atoms with Gasteiger partial charge in [-0.3, -0.25) is 9.59 Å². The molecule has 2 aromatic rings. The maximum atomic E-state index is 13.9. The van der Waals surface area contributed by atoms with Crippen LogP contribution in [0.5, 0.6) is 11.5 Å². The quantitative estimate of drug-likeness (QED) is 0.488. The number of rotatable bonds is 7. The Kier molecular flexibility index (Phi) is 7.82. The molecule has 8 nitrogen and oxygen atoms in total. The van der Waals surface area contributed by atoms with Gasteiger partial charge in [0.15, 0.2) is 16.7 Å². The van der Waals surface area contributed by atoms with Crippen molar-refractivity contribution in [3.05, 3.63) is 53.8 Å². The lowest BCUT2D eigenvalue weighted by Crippen LogP contribution is -2.41. The second kappa shape index (κ2) is 10.8. The average Bonchev–Trinajstić information content (AvgIpc) is 2.77. The molecular weight excluding hydrogens is 435 g/mol. The van der Waals surface area contributed by atoms with Crippen LogP contribution in [0, 0.1) is 5.82 Å². The maximum absolute atomic E-state index is 13.9. The van der Waals surface area contributed by atoms with E-state index in [2.05, 4.69) is 20.8 Å². The van der Waals surface area contributed by atoms with Crippen LogP contribution < -0.4 is 20.1 Å². The van der Waals surface area contributed by atoms with Crippen LogP contribution in [0.25, 0.3) is 0 Å². The molecule has 1 aliphatic heterocycles. The van der Waals surface area contributed by atoms with Gasteiger partial charge in [-0.15, -0.1) is 5.10 Å². The number of hydrogen-bond donors (Lipinski definition) is 2. The highest BCUT2D eigenvalue weighted by Gasteiger charge is 2.30. The molecule has 1 heterocycles. The number of hydrogen-bond acceptors (Lipinski definition) is 7. The smallest absolute Gasteiger partial charge is 0.238 e. The van der Waals surface area contributed by atoms with Crippen LogP contribution in [0.2, 0.25) is 0 Å². The van der Waals surface area contributed by atoms with Gasteiger partial charge in [-0.25, -0.2) is 4.39 Å². The number of benzene rings is 2. The molecule has 0 bridgehead atoms. The van der Waals surface area contributed by atoms with Gasteiger partial charge in [0.05, 0.1) is 19.4 Å². The minimum absolute atomic E-state index is 0.00700. The summed E-state index contributed by atoms with van der Waals surface area (Å²) in [7, 11) is 1.39. The fourth-order valence-corrected chi connectivity index (χ4v) is 3.79. The topological polar surface area (TPSA) is 101 Å². The van der Waals surface area contributed by atoms with Crippen molar-refractivity contribution in [1.82, 2.24) is 5.32 Å². The summed E-state index contributed by atoms with van der Waals surface area (Å²) in [6.07, 6.45) is 0.00700. The van der Waals surface area contributed by atoms with Crippen LogP contribution in [0.15, 0.2) is 52.7 Å². The number of amides is 2. The highest BCUT2D eigenvalue weighted by Crippen LogP contribution is 2.24. The zero-order valence-electron chi connectivity index (χ0n) is 17.8. The molecule has 1 saturated heterocycles. The zero-order chi connectivity index (χ0) is 23.1. The molecule has 168 valence electrons. The molecule has 0 saturated carbocycles. The molecule has 0 spiro atoms. The van der Waals surface area contributed by atoms with Crippen LogP contribution in [-0.2, 0) is 9.59 Å². The monoisotopic (exact) mass is 458 g/mol. The molecule has 10 heteroatoms. The first-order valence-electron chi connectivity index (χ1n) is 9.86. The van der Waals surface area contributed by atoms with E-state index in [1.165, 1.54) is 19.2 Å². The number of nitrogens with zero attached hydrogens (tertiary/aromatic N) is 2. The summed E-state index contributed by atoms with van der Waals surface area (Å²) in [5.74, 6) is -0.416. The van der Waals surface area contributed by atoms with E-state index in [9.17, 15) is 14.0 Å². The molecule has 0 aromatic heterocycles. The lowest BCUT2D eigenvalue weighted by atomic mass is 10.1. The molecule has 32 heavy (non-hydrogen) atoms. The van der Waals surface area contributed by atoms with Crippen LogP contribution >= 0.6 is 11.8 Å². The summed E-state index contributed by atoms with van der Waals surface area (Å²) < 4.78 is 24.3. The number of nitrogens with one attached hydrogen (secondary N) is 2. The minimum atomic E-state index is -0.674. The summed E-state index contributed by atoms with van der Waals surface area (Å²) in [4.78, 5) is 24.8. The SMILES string of the molecule is CCOc1cccc(NC(=O)[C@H]2CC(=O)N/C(=N/N=C(/C)c3ccc(OC)c(F)c3)S2)c1. The van der Waals surface area contributed by atoms with E-state index in [-0.39, 0.29) is 29.2 Å². The summed E-state index contributed by atoms with van der Waals surface area (Å²) in [6.45, 7) is 4.05. The Hall–Kier alpha value is -3.40. The lowest BCUT2D eigenvalue weighted by molar-refractivity contribution is -0.123. The molecule has 1 atom stereocenters. The number of amidine groups is 1. The highest BCUT2D eigenvalue weighted by atomic mass is 32.2. The Balaban J connectivity index is 1.70. The minimum Gasteiger partial charge on any atom is -0.494 e. The van der Waals surface area contributed by atoms with Gasteiger partial charge in [0.25, 0.3) is 0 Å².